The number of fused-ring (bicyclic) bond motifs is 1. The van der Waals surface area contributed by atoms with E-state index in [1.54, 1.807) is 12.7 Å². The second-order valence-electron chi connectivity index (χ2n) is 3.35. The maximum Gasteiger partial charge on any atom is 0.138 e. The van der Waals surface area contributed by atoms with Gasteiger partial charge in [-0.15, -0.1) is 0 Å². The van der Waals surface area contributed by atoms with Crippen molar-refractivity contribution >= 4 is 11.8 Å². The van der Waals surface area contributed by atoms with E-state index >= 15 is 0 Å². The van der Waals surface area contributed by atoms with Gasteiger partial charge in [0.1, 0.15) is 12.7 Å². The summed E-state index contributed by atoms with van der Waals surface area (Å²) in [5, 5.41) is 4.12. The quantitative estimate of drug-likeness (QED) is 0.675. The first-order chi connectivity index (χ1) is 6.93. The summed E-state index contributed by atoms with van der Waals surface area (Å²) in [6.45, 7) is 0. The summed E-state index contributed by atoms with van der Waals surface area (Å²) >= 11 is 0. The third kappa shape index (κ3) is 1.06. The molecule has 1 aromatic heterocycles. The van der Waals surface area contributed by atoms with Gasteiger partial charge in [-0.2, -0.15) is 5.10 Å². The zero-order valence-corrected chi connectivity index (χ0v) is 7.59. The molecule has 0 spiro atoms. The normalized spacial score (nSPS) is 13.9. The molecule has 0 saturated heterocycles. The van der Waals surface area contributed by atoms with Gasteiger partial charge in [-0.05, 0) is 17.2 Å². The highest BCUT2D eigenvalue weighted by molar-refractivity contribution is 5.79. The van der Waals surface area contributed by atoms with E-state index in [-0.39, 0.29) is 0 Å². The van der Waals surface area contributed by atoms with Crippen LogP contribution in [-0.4, -0.2) is 14.8 Å². The molecule has 3 heteroatoms. The first kappa shape index (κ1) is 7.50. The van der Waals surface area contributed by atoms with E-state index in [0.29, 0.717) is 0 Å². The molecule has 0 unspecified atom stereocenters. The summed E-state index contributed by atoms with van der Waals surface area (Å²) in [7, 11) is 0. The van der Waals surface area contributed by atoms with Crippen molar-refractivity contribution in [1.29, 1.82) is 0 Å². The number of hydrogen-bond acceptors (Lipinski definition) is 2. The lowest BCUT2D eigenvalue weighted by Gasteiger charge is -1.99. The van der Waals surface area contributed by atoms with E-state index in [0.717, 1.165) is 6.42 Å². The first-order valence-corrected chi connectivity index (χ1v) is 4.57. The summed E-state index contributed by atoms with van der Waals surface area (Å²) in [6, 6.07) is 8.39. The molecule has 1 aromatic carbocycles. The molecule has 3 nitrogen and oxygen atoms in total. The standard InChI is InChI=1S/C11H9N3/c1-2-4-10-6-11(5-9(10)3-1)14-8-12-7-13-14/h1-5,7-8H,6H2. The van der Waals surface area contributed by atoms with Crippen LogP contribution < -0.4 is 0 Å². The molecular formula is C11H9N3. The minimum Gasteiger partial charge on any atom is -0.225 e. The Morgan fingerprint density at radius 3 is 2.93 bits per heavy atom. The SMILES string of the molecule is C1=C(n2cncn2)Cc2ccccc21. The van der Waals surface area contributed by atoms with Crippen LogP contribution in [0.3, 0.4) is 0 Å². The van der Waals surface area contributed by atoms with Crippen LogP contribution in [0.2, 0.25) is 0 Å². The first-order valence-electron chi connectivity index (χ1n) is 4.57. The molecule has 0 saturated carbocycles. The van der Waals surface area contributed by atoms with E-state index in [2.05, 4.69) is 40.4 Å². The number of allylic oxidation sites excluding steroid dienone is 1. The highest BCUT2D eigenvalue weighted by Crippen LogP contribution is 2.26. The second kappa shape index (κ2) is 2.80. The lowest BCUT2D eigenvalue weighted by molar-refractivity contribution is 0.881. The van der Waals surface area contributed by atoms with Gasteiger partial charge in [-0.1, -0.05) is 24.3 Å². The minimum atomic E-state index is 0.944. The number of nitrogens with zero attached hydrogens (tertiary/aromatic N) is 3. The van der Waals surface area contributed by atoms with Gasteiger partial charge >= 0.3 is 0 Å². The largest absolute Gasteiger partial charge is 0.225 e. The van der Waals surface area contributed by atoms with E-state index in [4.69, 9.17) is 0 Å². The summed E-state index contributed by atoms with van der Waals surface area (Å²) in [5.41, 5.74) is 3.83. The average Bonchev–Trinajstić information content (AvgIpc) is 2.86. The second-order valence-corrected chi connectivity index (χ2v) is 3.35. The van der Waals surface area contributed by atoms with Crippen LogP contribution in [-0.2, 0) is 6.42 Å². The van der Waals surface area contributed by atoms with Crippen LogP contribution >= 0.6 is 0 Å². The van der Waals surface area contributed by atoms with Crippen molar-refractivity contribution < 1.29 is 0 Å². The summed E-state index contributed by atoms with van der Waals surface area (Å²) in [6.07, 6.45) is 6.39. The number of rotatable bonds is 1. The summed E-state index contributed by atoms with van der Waals surface area (Å²) in [4.78, 5) is 3.94. The highest BCUT2D eigenvalue weighted by Gasteiger charge is 2.13. The molecule has 0 fully saturated rings. The van der Waals surface area contributed by atoms with Crippen molar-refractivity contribution in [1.82, 2.24) is 14.8 Å². The van der Waals surface area contributed by atoms with Gasteiger partial charge in [-0.25, -0.2) is 9.67 Å². The Bertz CT molecular complexity index is 483. The van der Waals surface area contributed by atoms with E-state index in [9.17, 15) is 0 Å². The molecule has 0 aliphatic heterocycles. The van der Waals surface area contributed by atoms with Crippen molar-refractivity contribution in [3.8, 4) is 0 Å². The van der Waals surface area contributed by atoms with Crippen LogP contribution in [0.4, 0.5) is 0 Å². The monoisotopic (exact) mass is 183 g/mol. The molecule has 0 radical (unpaired) electrons. The van der Waals surface area contributed by atoms with Crippen LogP contribution in [0.5, 0.6) is 0 Å². The van der Waals surface area contributed by atoms with Gasteiger partial charge in [0.05, 0.1) is 0 Å². The molecule has 0 amide bonds. The van der Waals surface area contributed by atoms with Crippen molar-refractivity contribution in [2.24, 2.45) is 0 Å². The third-order valence-corrected chi connectivity index (χ3v) is 2.46. The van der Waals surface area contributed by atoms with E-state index in [1.165, 1.54) is 16.8 Å². The predicted molar refractivity (Wildman–Crippen MR) is 54.3 cm³/mol. The molecule has 0 bridgehead atoms. The Morgan fingerprint density at radius 2 is 2.14 bits per heavy atom. The van der Waals surface area contributed by atoms with E-state index in [1.807, 2.05) is 4.68 Å². The fraction of sp³-hybridized carbons (Fsp3) is 0.0909. The predicted octanol–water partition coefficient (Wildman–Crippen LogP) is 1.83. The van der Waals surface area contributed by atoms with Crippen molar-refractivity contribution in [3.05, 3.63) is 48.0 Å². The lowest BCUT2D eigenvalue weighted by atomic mass is 10.1. The molecule has 0 N–H and O–H groups in total. The number of aromatic nitrogens is 3. The minimum absolute atomic E-state index is 0.944. The molecule has 0 atom stereocenters. The molecule has 2 aromatic rings. The topological polar surface area (TPSA) is 30.7 Å². The molecule has 1 heterocycles. The van der Waals surface area contributed by atoms with Crippen LogP contribution in [0.1, 0.15) is 11.1 Å². The fourth-order valence-corrected chi connectivity index (χ4v) is 1.77. The van der Waals surface area contributed by atoms with Crippen molar-refractivity contribution in [2.45, 2.75) is 6.42 Å². The number of benzene rings is 1. The third-order valence-electron chi connectivity index (χ3n) is 2.46. The van der Waals surface area contributed by atoms with Crippen LogP contribution in [0.15, 0.2) is 36.9 Å². The molecule has 1 aliphatic rings. The lowest BCUT2D eigenvalue weighted by Crippen LogP contribution is -1.96. The summed E-state index contributed by atoms with van der Waals surface area (Å²) < 4.78 is 1.82. The van der Waals surface area contributed by atoms with Gasteiger partial charge in [0.15, 0.2) is 0 Å². The molecule has 3 rings (SSSR count). The van der Waals surface area contributed by atoms with Crippen LogP contribution in [0.25, 0.3) is 11.8 Å². The van der Waals surface area contributed by atoms with E-state index < -0.39 is 0 Å². The van der Waals surface area contributed by atoms with Gasteiger partial charge in [0, 0.05) is 12.1 Å². The van der Waals surface area contributed by atoms with Crippen LogP contribution in [0, 0.1) is 0 Å². The Hall–Kier alpha value is -1.90. The molecule has 1 aliphatic carbocycles. The molecule has 68 valence electrons. The zero-order chi connectivity index (χ0) is 9.38. The average molecular weight is 183 g/mol. The molecular weight excluding hydrogens is 174 g/mol. The molecule has 14 heavy (non-hydrogen) atoms. The maximum atomic E-state index is 4.12. The Balaban J connectivity index is 2.04. The van der Waals surface area contributed by atoms with Crippen molar-refractivity contribution in [2.75, 3.05) is 0 Å². The summed E-state index contributed by atoms with van der Waals surface area (Å²) in [5.74, 6) is 0. The van der Waals surface area contributed by atoms with Gasteiger partial charge < -0.3 is 0 Å². The zero-order valence-electron chi connectivity index (χ0n) is 7.59. The Morgan fingerprint density at radius 1 is 1.21 bits per heavy atom. The van der Waals surface area contributed by atoms with Gasteiger partial charge in [0.25, 0.3) is 0 Å². The maximum absolute atomic E-state index is 4.12. The smallest absolute Gasteiger partial charge is 0.138 e. The Kier molecular flexibility index (Phi) is 1.50. The highest BCUT2D eigenvalue weighted by atomic mass is 15.3. The number of hydrogen-bond donors (Lipinski definition) is 0. The Labute approximate surface area is 81.7 Å². The van der Waals surface area contributed by atoms with Gasteiger partial charge in [-0.3, -0.25) is 0 Å². The fourth-order valence-electron chi connectivity index (χ4n) is 1.77. The van der Waals surface area contributed by atoms with Gasteiger partial charge in [0.2, 0.25) is 0 Å². The van der Waals surface area contributed by atoms with Crippen molar-refractivity contribution in [3.63, 3.8) is 0 Å².